The maximum atomic E-state index is 12.3. The minimum atomic E-state index is -0.942. The van der Waals surface area contributed by atoms with Crippen molar-refractivity contribution >= 4 is 29.6 Å². The zero-order chi connectivity index (χ0) is 22.8. The zero-order valence-electron chi connectivity index (χ0n) is 16.8. The van der Waals surface area contributed by atoms with E-state index in [4.69, 9.17) is 22.7 Å². The van der Waals surface area contributed by atoms with Gasteiger partial charge in [0.05, 0.1) is 6.54 Å². The third kappa shape index (κ3) is 15.5. The molecule has 0 spiro atoms. The largest absolute Gasteiger partial charge is 0.370 e. The first-order valence-corrected chi connectivity index (χ1v) is 9.44. The third-order valence-corrected chi connectivity index (χ3v) is 3.72. The predicted molar refractivity (Wildman–Crippen MR) is 110 cm³/mol. The summed E-state index contributed by atoms with van der Waals surface area (Å²) >= 11 is 0. The highest BCUT2D eigenvalue weighted by atomic mass is 16.2. The van der Waals surface area contributed by atoms with Crippen molar-refractivity contribution in [2.75, 3.05) is 26.2 Å². The van der Waals surface area contributed by atoms with Crippen LogP contribution in [0.25, 0.3) is 10.4 Å². The third-order valence-electron chi connectivity index (χ3n) is 3.72. The Bertz CT molecular complexity index is 656. The molecule has 14 nitrogen and oxygen atoms in total. The van der Waals surface area contributed by atoms with Gasteiger partial charge in [-0.15, -0.1) is 0 Å². The highest BCUT2D eigenvalue weighted by Crippen LogP contribution is 2.00. The Balaban J connectivity index is 4.40. The van der Waals surface area contributed by atoms with Crippen molar-refractivity contribution in [3.8, 4) is 0 Å². The monoisotopic (exact) mass is 426 g/mol. The number of carbonyl (C=O) groups excluding carboxylic acids is 4. The van der Waals surface area contributed by atoms with Crippen molar-refractivity contribution in [2.45, 2.75) is 44.6 Å². The fraction of sp³-hybridized carbons (Fsp3) is 0.688. The first-order chi connectivity index (χ1) is 14.3. The number of amides is 4. The second-order valence-electron chi connectivity index (χ2n) is 6.30. The molecule has 0 saturated carbocycles. The van der Waals surface area contributed by atoms with Crippen LogP contribution in [0.1, 0.15) is 38.5 Å². The van der Waals surface area contributed by atoms with Crippen LogP contribution in [0.4, 0.5) is 0 Å². The molecule has 0 bridgehead atoms. The Morgan fingerprint density at radius 3 is 2.33 bits per heavy atom. The number of primary amides is 1. The number of aliphatic imine (C=N–C) groups is 1. The first-order valence-electron chi connectivity index (χ1n) is 9.44. The topological polar surface area (TPSA) is 244 Å². The molecule has 0 aromatic rings. The molecule has 0 fully saturated rings. The van der Waals surface area contributed by atoms with Gasteiger partial charge in [-0.1, -0.05) is 11.5 Å². The number of azide groups is 1. The Hall–Kier alpha value is -3.54. The van der Waals surface area contributed by atoms with Gasteiger partial charge in [-0.3, -0.25) is 24.2 Å². The lowest BCUT2D eigenvalue weighted by molar-refractivity contribution is -0.130. The molecule has 0 aromatic carbocycles. The maximum Gasteiger partial charge on any atom is 0.243 e. The van der Waals surface area contributed by atoms with Crippen LogP contribution >= 0.6 is 0 Å². The van der Waals surface area contributed by atoms with Gasteiger partial charge in [-0.2, -0.15) is 0 Å². The minimum absolute atomic E-state index is 0.0882. The number of rotatable bonds is 16. The van der Waals surface area contributed by atoms with Crippen LogP contribution in [0.5, 0.6) is 0 Å². The second kappa shape index (κ2) is 16.4. The summed E-state index contributed by atoms with van der Waals surface area (Å²) in [6, 6.07) is -0.942. The molecule has 0 radical (unpaired) electrons. The molecule has 0 rings (SSSR count). The van der Waals surface area contributed by atoms with E-state index in [1.165, 1.54) is 0 Å². The van der Waals surface area contributed by atoms with Crippen molar-refractivity contribution in [3.05, 3.63) is 10.4 Å². The Morgan fingerprint density at radius 2 is 1.70 bits per heavy atom. The molecular weight excluding hydrogens is 396 g/mol. The lowest BCUT2D eigenvalue weighted by Crippen LogP contribution is -2.49. The van der Waals surface area contributed by atoms with Gasteiger partial charge >= 0.3 is 0 Å². The molecule has 0 aromatic heterocycles. The van der Waals surface area contributed by atoms with Crippen molar-refractivity contribution in [2.24, 2.45) is 27.3 Å². The lowest BCUT2D eigenvalue weighted by atomic mass is 10.1. The highest BCUT2D eigenvalue weighted by molar-refractivity contribution is 5.90. The molecule has 0 aliphatic heterocycles. The SMILES string of the molecule is [N-]=[N+]=NCC(=O)N[C@@H](CCCN=C(N)N)C(=O)NCC(=O)NCCCCCC(N)=O. The van der Waals surface area contributed by atoms with Gasteiger partial charge in [0.2, 0.25) is 23.6 Å². The fourth-order valence-electron chi connectivity index (χ4n) is 2.29. The van der Waals surface area contributed by atoms with E-state index in [1.807, 2.05) is 0 Å². The quantitative estimate of drug-likeness (QED) is 0.0411. The molecule has 9 N–H and O–H groups in total. The van der Waals surface area contributed by atoms with Gasteiger partial charge in [-0.05, 0) is 31.2 Å². The highest BCUT2D eigenvalue weighted by Gasteiger charge is 2.20. The van der Waals surface area contributed by atoms with E-state index < -0.39 is 30.3 Å². The Kier molecular flexibility index (Phi) is 14.5. The average molecular weight is 426 g/mol. The number of nitrogens with zero attached hydrogens (tertiary/aromatic N) is 4. The van der Waals surface area contributed by atoms with Crippen LogP contribution in [0, 0.1) is 0 Å². The fourth-order valence-corrected chi connectivity index (χ4v) is 2.29. The maximum absolute atomic E-state index is 12.3. The summed E-state index contributed by atoms with van der Waals surface area (Å²) in [5.41, 5.74) is 23.8. The van der Waals surface area contributed by atoms with Gasteiger partial charge in [0.1, 0.15) is 12.6 Å². The number of hydrogen-bond donors (Lipinski definition) is 6. The normalized spacial score (nSPS) is 10.8. The number of unbranched alkanes of at least 4 members (excludes halogenated alkanes) is 2. The minimum Gasteiger partial charge on any atom is -0.370 e. The Morgan fingerprint density at radius 1 is 0.967 bits per heavy atom. The van der Waals surface area contributed by atoms with Crippen LogP contribution in [0.3, 0.4) is 0 Å². The van der Waals surface area contributed by atoms with E-state index >= 15 is 0 Å². The van der Waals surface area contributed by atoms with Crippen molar-refractivity contribution < 1.29 is 19.2 Å². The average Bonchev–Trinajstić information content (AvgIpc) is 2.68. The first kappa shape index (κ1) is 26.5. The van der Waals surface area contributed by atoms with E-state index in [0.29, 0.717) is 32.2 Å². The smallest absolute Gasteiger partial charge is 0.243 e. The molecule has 0 aliphatic rings. The van der Waals surface area contributed by atoms with E-state index in [-0.39, 0.29) is 31.4 Å². The second-order valence-corrected chi connectivity index (χ2v) is 6.30. The number of nitrogens with one attached hydrogen (secondary N) is 3. The summed E-state index contributed by atoms with van der Waals surface area (Å²) < 4.78 is 0. The number of hydrogen-bond acceptors (Lipinski definition) is 6. The van der Waals surface area contributed by atoms with Crippen molar-refractivity contribution in [1.82, 2.24) is 16.0 Å². The van der Waals surface area contributed by atoms with Gasteiger partial charge in [0.25, 0.3) is 0 Å². The van der Waals surface area contributed by atoms with E-state index in [0.717, 1.165) is 6.42 Å². The van der Waals surface area contributed by atoms with Gasteiger partial charge in [-0.25, -0.2) is 0 Å². The molecule has 30 heavy (non-hydrogen) atoms. The summed E-state index contributed by atoms with van der Waals surface area (Å²) in [5.74, 6) is -2.03. The van der Waals surface area contributed by atoms with Crippen molar-refractivity contribution in [3.63, 3.8) is 0 Å². The molecule has 168 valence electrons. The lowest BCUT2D eigenvalue weighted by Gasteiger charge is -2.17. The van der Waals surface area contributed by atoms with Gasteiger partial charge in [0, 0.05) is 24.4 Å². The molecule has 0 unspecified atom stereocenters. The van der Waals surface area contributed by atoms with E-state index in [2.05, 4.69) is 31.0 Å². The zero-order valence-corrected chi connectivity index (χ0v) is 16.8. The summed E-state index contributed by atoms with van der Waals surface area (Å²) in [5, 5.41) is 10.7. The van der Waals surface area contributed by atoms with Crippen LogP contribution in [-0.2, 0) is 19.2 Å². The van der Waals surface area contributed by atoms with Crippen LogP contribution < -0.4 is 33.2 Å². The van der Waals surface area contributed by atoms with Crippen molar-refractivity contribution in [1.29, 1.82) is 0 Å². The molecule has 0 saturated heterocycles. The van der Waals surface area contributed by atoms with Crippen LogP contribution in [0.2, 0.25) is 0 Å². The van der Waals surface area contributed by atoms with E-state index in [1.54, 1.807) is 0 Å². The molecular formula is C16H30N10O4. The number of guanidine groups is 1. The van der Waals surface area contributed by atoms with Gasteiger partial charge < -0.3 is 33.2 Å². The van der Waals surface area contributed by atoms with Crippen LogP contribution in [-0.4, -0.2) is 61.8 Å². The number of carbonyl (C=O) groups is 4. The summed E-state index contributed by atoms with van der Waals surface area (Å²) in [4.78, 5) is 52.8. The number of nitrogens with two attached hydrogens (primary N) is 3. The van der Waals surface area contributed by atoms with Gasteiger partial charge in [0.15, 0.2) is 5.96 Å². The molecule has 0 heterocycles. The molecule has 0 aliphatic carbocycles. The molecule has 14 heteroatoms. The van der Waals surface area contributed by atoms with E-state index in [9.17, 15) is 19.2 Å². The summed E-state index contributed by atoms with van der Waals surface area (Å²) in [6.45, 7) is -0.0615. The summed E-state index contributed by atoms with van der Waals surface area (Å²) in [7, 11) is 0. The summed E-state index contributed by atoms with van der Waals surface area (Å²) in [6.07, 6.45) is 2.99. The predicted octanol–water partition coefficient (Wildman–Crippen LogP) is -1.89. The van der Waals surface area contributed by atoms with Crippen LogP contribution in [0.15, 0.2) is 10.1 Å². The molecule has 1 atom stereocenters. The molecule has 4 amide bonds. The Labute approximate surface area is 174 Å². The standard InChI is InChI=1S/C16H30N10O4/c17-12(27)6-2-1-3-7-21-13(28)9-23-15(30)11(5-4-8-22-16(18)19)25-14(29)10-24-26-20/h11H,1-10H2,(H2,17,27)(H,21,28)(H,23,30)(H,25,29)(H4,18,19,22)/t11-/m0/s1.